The van der Waals surface area contributed by atoms with Crippen LogP contribution in [0.2, 0.25) is 0 Å². The van der Waals surface area contributed by atoms with Crippen molar-refractivity contribution in [3.8, 4) is 0 Å². The summed E-state index contributed by atoms with van der Waals surface area (Å²) < 4.78 is 59.0. The summed E-state index contributed by atoms with van der Waals surface area (Å²) in [4.78, 5) is 12.8. The minimum Gasteiger partial charge on any atom is -0.457 e. The first-order chi connectivity index (χ1) is 30.6. The first-order valence-corrected chi connectivity index (χ1v) is 25.6. The second kappa shape index (κ2) is 41.0. The van der Waals surface area contributed by atoms with E-state index in [4.69, 9.17) is 23.5 Å². The van der Waals surface area contributed by atoms with Crippen molar-refractivity contribution in [1.29, 1.82) is 0 Å². The van der Waals surface area contributed by atoms with Crippen molar-refractivity contribution in [3.63, 3.8) is 0 Å². The van der Waals surface area contributed by atoms with E-state index in [-0.39, 0.29) is 19.6 Å². The number of aliphatic hydroxyl groups excluding tert-OH is 3. The van der Waals surface area contributed by atoms with Crippen molar-refractivity contribution >= 4 is 16.4 Å². The largest absolute Gasteiger partial charge is 0.457 e. The van der Waals surface area contributed by atoms with Gasteiger partial charge in [-0.2, -0.15) is 8.42 Å². The Morgan fingerprint density at radius 2 is 1.10 bits per heavy atom. The molecule has 0 amide bonds. The second-order valence-corrected chi connectivity index (χ2v) is 17.4. The summed E-state index contributed by atoms with van der Waals surface area (Å²) in [6.45, 7) is 3.82. The van der Waals surface area contributed by atoms with Gasteiger partial charge in [0.25, 0.3) is 0 Å². The number of ether oxygens (including phenoxy) is 4. The summed E-state index contributed by atoms with van der Waals surface area (Å²) in [5.74, 6) is -0.408. The zero-order chi connectivity index (χ0) is 46.1. The van der Waals surface area contributed by atoms with Crippen LogP contribution in [0.3, 0.4) is 0 Å². The van der Waals surface area contributed by atoms with Crippen LogP contribution in [0.1, 0.15) is 174 Å². The Hall–Kier alpha value is -2.46. The molecule has 1 rings (SSSR count). The first-order valence-electron chi connectivity index (χ1n) is 24.2. The third-order valence-corrected chi connectivity index (χ3v) is 11.1. The summed E-state index contributed by atoms with van der Waals surface area (Å²) >= 11 is 0. The smallest absolute Gasteiger partial charge is 0.397 e. The summed E-state index contributed by atoms with van der Waals surface area (Å²) in [5, 5.41) is 30.7. The summed E-state index contributed by atoms with van der Waals surface area (Å²) in [6.07, 6.45) is 43.7. The van der Waals surface area contributed by atoms with Crippen LogP contribution in [0.5, 0.6) is 0 Å². The molecule has 0 bridgehead atoms. The van der Waals surface area contributed by atoms with Crippen molar-refractivity contribution in [2.24, 2.45) is 0 Å². The molecule has 0 aromatic heterocycles. The van der Waals surface area contributed by atoms with E-state index in [0.717, 1.165) is 89.9 Å². The number of allylic oxidation sites excluding steroid dienone is 12. The average molecular weight is 911 g/mol. The van der Waals surface area contributed by atoms with Crippen LogP contribution >= 0.6 is 0 Å². The third-order valence-electron chi connectivity index (χ3n) is 10.6. The third kappa shape index (κ3) is 34.5. The van der Waals surface area contributed by atoms with Gasteiger partial charge in [-0.25, -0.2) is 4.18 Å². The number of hydrogen-bond acceptors (Lipinski definition) is 11. The second-order valence-electron chi connectivity index (χ2n) is 16.3. The zero-order valence-corrected chi connectivity index (χ0v) is 39.7. The number of rotatable bonds is 41. The van der Waals surface area contributed by atoms with Gasteiger partial charge in [-0.05, 0) is 64.2 Å². The van der Waals surface area contributed by atoms with Gasteiger partial charge in [0.15, 0.2) is 6.29 Å². The first kappa shape index (κ1) is 58.6. The van der Waals surface area contributed by atoms with Gasteiger partial charge in [-0.15, -0.1) is 0 Å². The molecule has 0 aromatic carbocycles. The molecule has 1 aliphatic rings. The molecule has 1 saturated heterocycles. The fraction of sp³-hybridized carbons (Fsp3) is 0.740. The Balaban J connectivity index is 2.33. The zero-order valence-electron chi connectivity index (χ0n) is 38.9. The number of hydrogen-bond donors (Lipinski definition) is 4. The number of carbonyl (C=O) groups is 1. The van der Waals surface area contributed by atoms with E-state index in [2.05, 4.69) is 90.9 Å². The van der Waals surface area contributed by atoms with Crippen LogP contribution in [0.25, 0.3) is 0 Å². The maximum Gasteiger partial charge on any atom is 0.397 e. The monoisotopic (exact) mass is 911 g/mol. The molecule has 0 aromatic rings. The van der Waals surface area contributed by atoms with Crippen LogP contribution in [0, 0.1) is 0 Å². The maximum absolute atomic E-state index is 12.8. The van der Waals surface area contributed by atoms with Crippen molar-refractivity contribution in [2.75, 3.05) is 26.4 Å². The molecule has 0 spiro atoms. The molecule has 4 N–H and O–H groups in total. The van der Waals surface area contributed by atoms with Gasteiger partial charge in [-0.3, -0.25) is 9.35 Å². The summed E-state index contributed by atoms with van der Waals surface area (Å²) in [5.41, 5.74) is 0. The lowest BCUT2D eigenvalue weighted by atomic mass is 9.99. The predicted molar refractivity (Wildman–Crippen MR) is 252 cm³/mol. The molecule has 13 heteroatoms. The highest BCUT2D eigenvalue weighted by atomic mass is 32.3. The predicted octanol–water partition coefficient (Wildman–Crippen LogP) is 10.7. The molecule has 63 heavy (non-hydrogen) atoms. The van der Waals surface area contributed by atoms with Crippen LogP contribution in [0.4, 0.5) is 0 Å². The number of unbranched alkanes of at least 4 members (excludes halogenated alkanes) is 16. The topological polar surface area (TPSA) is 178 Å². The fourth-order valence-electron chi connectivity index (χ4n) is 6.97. The van der Waals surface area contributed by atoms with Crippen LogP contribution in [0.15, 0.2) is 72.9 Å². The molecule has 1 heterocycles. The molecule has 6 atom stereocenters. The molecule has 364 valence electrons. The summed E-state index contributed by atoms with van der Waals surface area (Å²) in [6, 6.07) is 0. The van der Waals surface area contributed by atoms with Gasteiger partial charge in [0.05, 0.1) is 19.8 Å². The normalized spacial score (nSPS) is 20.5. The van der Waals surface area contributed by atoms with Crippen molar-refractivity contribution < 1.29 is 56.2 Å². The highest BCUT2D eigenvalue weighted by Crippen LogP contribution is 2.26. The van der Waals surface area contributed by atoms with Gasteiger partial charge in [0, 0.05) is 13.0 Å². The molecular weight excluding hydrogens is 825 g/mol. The lowest BCUT2D eigenvalue weighted by Crippen LogP contribution is -2.60. The van der Waals surface area contributed by atoms with E-state index < -0.39 is 59.8 Å². The average Bonchev–Trinajstić information content (AvgIpc) is 3.26. The lowest BCUT2D eigenvalue weighted by molar-refractivity contribution is -0.301. The molecule has 1 aliphatic heterocycles. The van der Waals surface area contributed by atoms with E-state index in [1.54, 1.807) is 0 Å². The maximum atomic E-state index is 12.8. The number of esters is 1. The quantitative estimate of drug-likeness (QED) is 0.0198. The minimum atomic E-state index is -5.06. The van der Waals surface area contributed by atoms with E-state index in [0.29, 0.717) is 13.0 Å². The van der Waals surface area contributed by atoms with Crippen LogP contribution in [-0.2, 0) is 38.3 Å². The molecule has 12 nitrogen and oxygen atoms in total. The molecular formula is C50H86O12S. The Morgan fingerprint density at radius 3 is 1.60 bits per heavy atom. The SMILES string of the molecule is CC/C=C\C/C=C\C/C=C\C/C=C\C/C=C\C/C=C\CCCCCCCCCOCC(COC1OC(CO)C(O)C(OS(=O)(=O)O)C1O)OC(=O)CCCCCCCCCCCC. The van der Waals surface area contributed by atoms with Crippen LogP contribution < -0.4 is 0 Å². The van der Waals surface area contributed by atoms with Crippen molar-refractivity contribution in [3.05, 3.63) is 72.9 Å². The molecule has 6 unspecified atom stereocenters. The highest BCUT2D eigenvalue weighted by molar-refractivity contribution is 7.80. The van der Waals surface area contributed by atoms with Gasteiger partial charge < -0.3 is 34.3 Å². The Bertz CT molecular complexity index is 1370. The van der Waals surface area contributed by atoms with E-state index in [9.17, 15) is 28.5 Å². The Kier molecular flexibility index (Phi) is 38.1. The molecule has 0 radical (unpaired) electrons. The van der Waals surface area contributed by atoms with Gasteiger partial charge >= 0.3 is 16.4 Å². The molecule has 0 saturated carbocycles. The van der Waals surface area contributed by atoms with Crippen molar-refractivity contribution in [2.45, 2.75) is 211 Å². The van der Waals surface area contributed by atoms with Gasteiger partial charge in [-0.1, -0.05) is 177 Å². The van der Waals surface area contributed by atoms with Gasteiger partial charge in [0.2, 0.25) is 0 Å². The number of carbonyl (C=O) groups excluding carboxylic acids is 1. The van der Waals surface area contributed by atoms with Crippen LogP contribution in [-0.4, -0.2) is 97.5 Å². The lowest BCUT2D eigenvalue weighted by Gasteiger charge is -2.41. The Morgan fingerprint density at radius 1 is 0.619 bits per heavy atom. The highest BCUT2D eigenvalue weighted by Gasteiger charge is 2.48. The van der Waals surface area contributed by atoms with E-state index >= 15 is 0 Å². The Labute approximate surface area is 381 Å². The summed E-state index contributed by atoms with van der Waals surface area (Å²) in [7, 11) is -5.06. The van der Waals surface area contributed by atoms with Gasteiger partial charge in [0.1, 0.15) is 30.5 Å². The minimum absolute atomic E-state index is 0.0260. The number of aliphatic hydroxyl groups is 3. The standard InChI is InChI=1S/C50H86O12S/c1-3-5-7-9-11-13-15-16-17-18-19-20-21-22-23-24-25-26-27-28-29-30-32-34-36-38-40-58-42-44(60-46(52)39-37-35-33-31-14-12-10-8-6-4-2)43-59-50-48(54)49(62-63(55,56)57)47(53)45(41-51)61-50/h5,7,11,13,16-17,19-20,22-23,25-26,44-45,47-51,53-54H,3-4,6,8-10,12,14-15,18,21,24,27-43H2,1-2H3,(H,55,56,57)/b7-5-,13-11-,17-16-,20-19-,23-22-,26-25-. The molecule has 0 aliphatic carbocycles. The fourth-order valence-corrected chi connectivity index (χ4v) is 7.48. The molecule has 1 fully saturated rings. The van der Waals surface area contributed by atoms with E-state index in [1.165, 1.54) is 57.8 Å². The van der Waals surface area contributed by atoms with E-state index in [1.807, 2.05) is 0 Å². The van der Waals surface area contributed by atoms with Crippen molar-refractivity contribution in [1.82, 2.24) is 0 Å².